The first-order valence-corrected chi connectivity index (χ1v) is 11.5. The number of imide groups is 1. The van der Waals surface area contributed by atoms with Crippen LogP contribution in [0.3, 0.4) is 0 Å². The lowest BCUT2D eigenvalue weighted by Crippen LogP contribution is -2.36. The first kappa shape index (κ1) is 25.6. The van der Waals surface area contributed by atoms with E-state index in [2.05, 4.69) is 5.32 Å². The number of ether oxygens (including phenoxy) is 2. The number of hydrogen-bond donors (Lipinski definition) is 1. The summed E-state index contributed by atoms with van der Waals surface area (Å²) in [5.74, 6) is -2.99. The number of benzene rings is 3. The van der Waals surface area contributed by atoms with E-state index in [9.17, 15) is 28.0 Å². The zero-order valence-electron chi connectivity index (χ0n) is 19.2. The van der Waals surface area contributed by atoms with Crippen LogP contribution in [0.2, 0.25) is 0 Å². The largest absolute Gasteiger partial charge is 0.497 e. The van der Waals surface area contributed by atoms with Crippen molar-refractivity contribution in [1.82, 2.24) is 4.90 Å². The number of anilines is 1. The number of carbonyl (C=O) groups excluding carboxylic acids is 4. The topological polar surface area (TPSA) is 102 Å². The first-order chi connectivity index (χ1) is 17.7. The van der Waals surface area contributed by atoms with Gasteiger partial charge < -0.3 is 14.8 Å². The van der Waals surface area contributed by atoms with Crippen molar-refractivity contribution in [2.45, 2.75) is 0 Å². The van der Waals surface area contributed by atoms with E-state index in [4.69, 9.17) is 9.47 Å². The zero-order chi connectivity index (χ0) is 26.5. The van der Waals surface area contributed by atoms with Crippen molar-refractivity contribution in [3.8, 4) is 11.5 Å². The van der Waals surface area contributed by atoms with Crippen molar-refractivity contribution in [2.24, 2.45) is 0 Å². The van der Waals surface area contributed by atoms with E-state index in [0.717, 1.165) is 17.0 Å². The summed E-state index contributed by atoms with van der Waals surface area (Å²) in [6.07, 6.45) is 1.46. The number of nitrogens with zero attached hydrogens (tertiary/aromatic N) is 1. The molecule has 1 aliphatic rings. The molecule has 1 saturated heterocycles. The van der Waals surface area contributed by atoms with Gasteiger partial charge in [-0.1, -0.05) is 12.1 Å². The number of amides is 3. The molecule has 4 rings (SSSR count). The number of thioether (sulfide) groups is 1. The van der Waals surface area contributed by atoms with Crippen LogP contribution in [0.1, 0.15) is 15.9 Å². The van der Waals surface area contributed by atoms with Gasteiger partial charge in [-0.15, -0.1) is 0 Å². The lowest BCUT2D eigenvalue weighted by molar-refractivity contribution is -0.127. The van der Waals surface area contributed by atoms with Crippen molar-refractivity contribution in [2.75, 3.05) is 19.0 Å². The molecule has 3 aromatic rings. The van der Waals surface area contributed by atoms with Gasteiger partial charge in [0.25, 0.3) is 11.1 Å². The van der Waals surface area contributed by atoms with Crippen LogP contribution in [-0.2, 0) is 9.59 Å². The average Bonchev–Trinajstić information content (AvgIpc) is 3.14. The minimum Gasteiger partial charge on any atom is -0.497 e. The average molecular weight is 525 g/mol. The molecule has 0 aliphatic carbocycles. The van der Waals surface area contributed by atoms with Gasteiger partial charge in [0.05, 0.1) is 23.3 Å². The van der Waals surface area contributed by atoms with Crippen LogP contribution in [0.5, 0.6) is 11.5 Å². The van der Waals surface area contributed by atoms with Gasteiger partial charge in [-0.25, -0.2) is 13.6 Å². The minimum absolute atomic E-state index is 0.0775. The Hall–Kier alpha value is -4.51. The molecule has 3 amide bonds. The summed E-state index contributed by atoms with van der Waals surface area (Å²) in [5, 5.41) is 1.54. The smallest absolute Gasteiger partial charge is 0.343 e. The number of methoxy groups -OCH3 is 1. The van der Waals surface area contributed by atoms with Gasteiger partial charge in [0.2, 0.25) is 5.91 Å². The molecule has 188 valence electrons. The number of hydrogen-bond acceptors (Lipinski definition) is 7. The zero-order valence-corrected chi connectivity index (χ0v) is 20.0. The monoisotopic (exact) mass is 524 g/mol. The number of nitrogens with one attached hydrogen (secondary N) is 1. The van der Waals surface area contributed by atoms with E-state index in [-0.39, 0.29) is 16.3 Å². The van der Waals surface area contributed by atoms with Crippen LogP contribution in [-0.4, -0.2) is 41.6 Å². The molecule has 1 heterocycles. The highest BCUT2D eigenvalue weighted by atomic mass is 32.2. The standard InChI is InChI=1S/C26H18F2N2O6S/c1-35-18-9-4-16(5-10-18)25(33)36-19-7-2-15(3-8-19)12-22-24(32)30(26(34)37-22)14-23(31)29-21-11-6-17(27)13-20(21)28/h2-13H,14H2,1H3,(H,29,31)/b22-12+. The summed E-state index contributed by atoms with van der Waals surface area (Å²) >= 11 is 0.644. The Morgan fingerprint density at radius 1 is 0.973 bits per heavy atom. The first-order valence-electron chi connectivity index (χ1n) is 10.7. The van der Waals surface area contributed by atoms with Gasteiger partial charge in [-0.05, 0) is 71.9 Å². The van der Waals surface area contributed by atoms with Crippen molar-refractivity contribution < 1.29 is 37.4 Å². The van der Waals surface area contributed by atoms with Gasteiger partial charge in [0.1, 0.15) is 29.7 Å². The Bertz CT molecular complexity index is 1410. The summed E-state index contributed by atoms with van der Waals surface area (Å²) in [5.41, 5.74) is 0.610. The van der Waals surface area contributed by atoms with E-state index < -0.39 is 41.2 Å². The molecule has 0 spiro atoms. The second-order valence-electron chi connectivity index (χ2n) is 7.63. The molecular formula is C26H18F2N2O6S. The van der Waals surface area contributed by atoms with Crippen LogP contribution in [0.15, 0.2) is 71.6 Å². The van der Waals surface area contributed by atoms with Crippen LogP contribution in [0.25, 0.3) is 6.08 Å². The van der Waals surface area contributed by atoms with Crippen molar-refractivity contribution in [1.29, 1.82) is 0 Å². The number of rotatable bonds is 7. The Kier molecular flexibility index (Phi) is 7.63. The Morgan fingerprint density at radius 2 is 1.65 bits per heavy atom. The molecule has 0 unspecified atom stereocenters. The van der Waals surface area contributed by atoms with Crippen molar-refractivity contribution in [3.05, 3.63) is 94.4 Å². The van der Waals surface area contributed by atoms with Gasteiger partial charge in [0, 0.05) is 6.07 Å². The van der Waals surface area contributed by atoms with E-state index in [1.807, 2.05) is 0 Å². The molecule has 0 atom stereocenters. The highest BCUT2D eigenvalue weighted by Crippen LogP contribution is 2.32. The normalized spacial score (nSPS) is 14.1. The van der Waals surface area contributed by atoms with Gasteiger partial charge >= 0.3 is 5.97 Å². The van der Waals surface area contributed by atoms with Gasteiger partial charge in [0.15, 0.2) is 0 Å². The molecule has 0 saturated carbocycles. The maximum atomic E-state index is 13.7. The molecule has 8 nitrogen and oxygen atoms in total. The highest BCUT2D eigenvalue weighted by molar-refractivity contribution is 8.18. The summed E-state index contributed by atoms with van der Waals surface area (Å²) < 4.78 is 37.2. The molecule has 37 heavy (non-hydrogen) atoms. The summed E-state index contributed by atoms with van der Waals surface area (Å²) in [4.78, 5) is 50.3. The third-order valence-electron chi connectivity index (χ3n) is 5.09. The molecule has 0 bridgehead atoms. The summed E-state index contributed by atoms with van der Waals surface area (Å²) in [7, 11) is 1.52. The lowest BCUT2D eigenvalue weighted by atomic mass is 10.2. The van der Waals surface area contributed by atoms with Gasteiger partial charge in [-0.3, -0.25) is 19.3 Å². The summed E-state index contributed by atoms with van der Waals surface area (Å²) in [6, 6.07) is 15.3. The molecule has 0 radical (unpaired) electrons. The highest BCUT2D eigenvalue weighted by Gasteiger charge is 2.36. The molecule has 3 aromatic carbocycles. The number of halogens is 2. The molecule has 1 fully saturated rings. The van der Waals surface area contributed by atoms with Crippen LogP contribution >= 0.6 is 11.8 Å². The van der Waals surface area contributed by atoms with Crippen LogP contribution in [0.4, 0.5) is 19.3 Å². The fourth-order valence-corrected chi connectivity index (χ4v) is 4.08. The maximum Gasteiger partial charge on any atom is 0.343 e. The van der Waals surface area contributed by atoms with Crippen LogP contribution < -0.4 is 14.8 Å². The predicted octanol–water partition coefficient (Wildman–Crippen LogP) is 4.87. The molecule has 1 N–H and O–H groups in total. The number of carbonyl (C=O) groups is 4. The quantitative estimate of drug-likeness (QED) is 0.267. The minimum atomic E-state index is -0.986. The number of esters is 1. The van der Waals surface area contributed by atoms with E-state index >= 15 is 0 Å². The fraction of sp³-hybridized carbons (Fsp3) is 0.0769. The van der Waals surface area contributed by atoms with Crippen molar-refractivity contribution >= 4 is 46.5 Å². The molecular weight excluding hydrogens is 506 g/mol. The molecule has 11 heteroatoms. The SMILES string of the molecule is COc1ccc(C(=O)Oc2ccc(/C=C3/SC(=O)N(CC(=O)Nc4ccc(F)cc4F)C3=O)cc2)cc1. The predicted molar refractivity (Wildman–Crippen MR) is 132 cm³/mol. The Labute approximate surface area is 213 Å². The second-order valence-corrected chi connectivity index (χ2v) is 8.62. The third kappa shape index (κ3) is 6.19. The second kappa shape index (κ2) is 11.0. The Morgan fingerprint density at radius 3 is 2.30 bits per heavy atom. The van der Waals surface area contributed by atoms with Gasteiger partial charge in [-0.2, -0.15) is 0 Å². The lowest BCUT2D eigenvalue weighted by Gasteiger charge is -2.12. The van der Waals surface area contributed by atoms with E-state index in [0.29, 0.717) is 34.7 Å². The molecule has 1 aliphatic heterocycles. The van der Waals surface area contributed by atoms with Crippen molar-refractivity contribution in [3.63, 3.8) is 0 Å². The van der Waals surface area contributed by atoms with E-state index in [1.165, 1.54) is 25.3 Å². The Balaban J connectivity index is 1.37. The van der Waals surface area contributed by atoms with Crippen LogP contribution in [0, 0.1) is 11.6 Å². The maximum absolute atomic E-state index is 13.7. The summed E-state index contributed by atoms with van der Waals surface area (Å²) in [6.45, 7) is -0.640. The fourth-order valence-electron chi connectivity index (χ4n) is 3.24. The third-order valence-corrected chi connectivity index (χ3v) is 6.00. The van der Waals surface area contributed by atoms with E-state index in [1.54, 1.807) is 36.4 Å². The molecule has 0 aromatic heterocycles.